The Bertz CT molecular complexity index is 1230. The van der Waals surface area contributed by atoms with Crippen LogP contribution in [0.4, 0.5) is 0 Å². The van der Waals surface area contributed by atoms with Crippen LogP contribution in [0.25, 0.3) is 11.3 Å². The van der Waals surface area contributed by atoms with E-state index in [9.17, 15) is 9.90 Å². The van der Waals surface area contributed by atoms with E-state index < -0.39 is 6.10 Å². The molecule has 7 heteroatoms. The van der Waals surface area contributed by atoms with E-state index in [2.05, 4.69) is 48.7 Å². The first-order valence-corrected chi connectivity index (χ1v) is 13.9. The number of aromatic nitrogens is 2. The first-order valence-electron chi connectivity index (χ1n) is 13.9. The SMILES string of the molecule is CC(=O)N[C@@H](Cc1ccccc1)[C@@H](O)CN[C@H]1CC2(CCC2)Oc2ccc(-c3ccn(CC(C)C)n3)cc21. The van der Waals surface area contributed by atoms with Crippen molar-refractivity contribution in [3.63, 3.8) is 0 Å². The van der Waals surface area contributed by atoms with Gasteiger partial charge in [-0.25, -0.2) is 0 Å². The summed E-state index contributed by atoms with van der Waals surface area (Å²) in [5, 5.41) is 22.6. The molecule has 2 heterocycles. The summed E-state index contributed by atoms with van der Waals surface area (Å²) >= 11 is 0. The van der Waals surface area contributed by atoms with E-state index in [1.165, 1.54) is 13.3 Å². The molecule has 0 saturated heterocycles. The van der Waals surface area contributed by atoms with Crippen molar-refractivity contribution in [2.24, 2.45) is 5.92 Å². The molecule has 1 aliphatic carbocycles. The maximum atomic E-state index is 11.9. The molecule has 0 radical (unpaired) electrons. The minimum atomic E-state index is -0.738. The zero-order chi connectivity index (χ0) is 26.7. The van der Waals surface area contributed by atoms with E-state index in [-0.39, 0.29) is 23.6 Å². The summed E-state index contributed by atoms with van der Waals surface area (Å²) in [6.45, 7) is 7.13. The summed E-state index contributed by atoms with van der Waals surface area (Å²) < 4.78 is 8.54. The van der Waals surface area contributed by atoms with Gasteiger partial charge in [0.15, 0.2) is 0 Å². The Balaban J connectivity index is 1.34. The molecule has 202 valence electrons. The van der Waals surface area contributed by atoms with Crippen LogP contribution in [0.5, 0.6) is 5.75 Å². The molecule has 1 aliphatic heterocycles. The third kappa shape index (κ3) is 6.11. The van der Waals surface area contributed by atoms with Gasteiger partial charge in [0.2, 0.25) is 5.91 Å². The number of carbonyl (C=O) groups is 1. The first kappa shape index (κ1) is 26.4. The molecule has 0 unspecified atom stereocenters. The number of ether oxygens (including phenoxy) is 1. The Morgan fingerprint density at radius 3 is 2.66 bits per heavy atom. The van der Waals surface area contributed by atoms with Crippen molar-refractivity contribution < 1.29 is 14.6 Å². The fourth-order valence-corrected chi connectivity index (χ4v) is 5.70. The van der Waals surface area contributed by atoms with Gasteiger partial charge in [0, 0.05) is 49.8 Å². The normalized spacial score (nSPS) is 19.3. The Morgan fingerprint density at radius 2 is 1.97 bits per heavy atom. The van der Waals surface area contributed by atoms with E-state index in [1.54, 1.807) is 0 Å². The van der Waals surface area contributed by atoms with Crippen LogP contribution in [0.1, 0.15) is 63.6 Å². The predicted octanol–water partition coefficient (Wildman–Crippen LogP) is 4.65. The monoisotopic (exact) mass is 516 g/mol. The molecule has 5 rings (SSSR count). The second kappa shape index (κ2) is 11.3. The molecule has 3 atom stereocenters. The van der Waals surface area contributed by atoms with Crippen molar-refractivity contribution in [1.29, 1.82) is 0 Å². The molecule has 2 aliphatic rings. The molecule has 1 saturated carbocycles. The number of aliphatic hydroxyl groups is 1. The minimum Gasteiger partial charge on any atom is -0.487 e. The van der Waals surface area contributed by atoms with Gasteiger partial charge in [-0.05, 0) is 61.4 Å². The van der Waals surface area contributed by atoms with E-state index >= 15 is 0 Å². The highest BCUT2D eigenvalue weighted by Crippen LogP contribution is 2.49. The summed E-state index contributed by atoms with van der Waals surface area (Å²) in [4.78, 5) is 11.9. The Hall–Kier alpha value is -3.16. The molecule has 1 amide bonds. The lowest BCUT2D eigenvalue weighted by Gasteiger charge is -2.48. The Labute approximate surface area is 225 Å². The molecule has 1 aromatic heterocycles. The van der Waals surface area contributed by atoms with Crippen molar-refractivity contribution in [2.75, 3.05) is 6.54 Å². The van der Waals surface area contributed by atoms with Crippen molar-refractivity contribution in [3.05, 3.63) is 71.9 Å². The van der Waals surface area contributed by atoms with Gasteiger partial charge in [-0.2, -0.15) is 5.10 Å². The van der Waals surface area contributed by atoms with Gasteiger partial charge in [-0.15, -0.1) is 0 Å². The van der Waals surface area contributed by atoms with Crippen molar-refractivity contribution in [1.82, 2.24) is 20.4 Å². The number of nitrogens with zero attached hydrogens (tertiary/aromatic N) is 2. The average Bonchev–Trinajstić information content (AvgIpc) is 3.33. The number of nitrogens with one attached hydrogen (secondary N) is 2. The van der Waals surface area contributed by atoms with Crippen molar-refractivity contribution in [3.8, 4) is 17.0 Å². The molecular formula is C31H40N4O3. The third-order valence-electron chi connectivity index (χ3n) is 7.77. The Morgan fingerprint density at radius 1 is 1.18 bits per heavy atom. The lowest BCUT2D eigenvalue weighted by molar-refractivity contribution is -0.120. The van der Waals surface area contributed by atoms with E-state index in [0.29, 0.717) is 18.9 Å². The number of benzene rings is 2. The van der Waals surface area contributed by atoms with Gasteiger partial charge in [0.25, 0.3) is 0 Å². The van der Waals surface area contributed by atoms with Crippen molar-refractivity contribution >= 4 is 5.91 Å². The van der Waals surface area contributed by atoms with Crippen LogP contribution in [0, 0.1) is 5.92 Å². The molecule has 3 N–H and O–H groups in total. The summed E-state index contributed by atoms with van der Waals surface area (Å²) in [7, 11) is 0. The average molecular weight is 517 g/mol. The van der Waals surface area contributed by atoms with Crippen LogP contribution >= 0.6 is 0 Å². The van der Waals surface area contributed by atoms with E-state index in [4.69, 9.17) is 9.84 Å². The second-order valence-electron chi connectivity index (χ2n) is 11.4. The van der Waals surface area contributed by atoms with Crippen LogP contribution in [-0.2, 0) is 17.8 Å². The highest BCUT2D eigenvalue weighted by molar-refractivity contribution is 5.73. The highest BCUT2D eigenvalue weighted by atomic mass is 16.5. The van der Waals surface area contributed by atoms with Gasteiger partial charge >= 0.3 is 0 Å². The second-order valence-corrected chi connectivity index (χ2v) is 11.4. The molecule has 7 nitrogen and oxygen atoms in total. The molecule has 3 aromatic rings. The number of hydrogen-bond acceptors (Lipinski definition) is 5. The topological polar surface area (TPSA) is 88.4 Å². The largest absolute Gasteiger partial charge is 0.487 e. The van der Waals surface area contributed by atoms with E-state index in [1.807, 2.05) is 41.2 Å². The third-order valence-corrected chi connectivity index (χ3v) is 7.77. The first-order chi connectivity index (χ1) is 18.3. The standard InChI is InChI=1S/C31H40N4O3/c1-21(2)20-35-15-12-26(34-35)24-10-11-30-25(17-24)28(18-31(38-30)13-7-14-31)32-19-29(37)27(33-22(3)36)16-23-8-5-4-6-9-23/h4-6,8-12,15,17,21,27-29,32,37H,7,13-14,16,18-20H2,1-3H3,(H,33,36)/t27-,28-,29-/m0/s1. The fourth-order valence-electron chi connectivity index (χ4n) is 5.70. The summed E-state index contributed by atoms with van der Waals surface area (Å²) in [5.41, 5.74) is 4.06. The maximum absolute atomic E-state index is 11.9. The number of aliphatic hydroxyl groups excluding tert-OH is 1. The zero-order valence-electron chi connectivity index (χ0n) is 22.7. The van der Waals surface area contributed by atoms with Crippen LogP contribution in [0.15, 0.2) is 60.8 Å². The van der Waals surface area contributed by atoms with Gasteiger partial charge < -0.3 is 20.5 Å². The number of rotatable bonds is 10. The van der Waals surface area contributed by atoms with Crippen molar-refractivity contribution in [2.45, 2.75) is 83.2 Å². The number of fused-ring (bicyclic) bond motifs is 1. The molecule has 38 heavy (non-hydrogen) atoms. The molecule has 0 bridgehead atoms. The smallest absolute Gasteiger partial charge is 0.217 e. The van der Waals surface area contributed by atoms with Crippen LogP contribution in [-0.4, -0.2) is 45.1 Å². The number of hydrogen-bond donors (Lipinski definition) is 3. The number of amides is 1. The zero-order valence-corrected chi connectivity index (χ0v) is 22.7. The van der Waals surface area contributed by atoms with Gasteiger partial charge in [0.05, 0.1) is 17.8 Å². The molecule has 1 fully saturated rings. The van der Waals surface area contributed by atoms with Crippen LogP contribution in [0.3, 0.4) is 0 Å². The lowest BCUT2D eigenvalue weighted by atomic mass is 9.72. The molecule has 2 aromatic carbocycles. The number of carbonyl (C=O) groups excluding carboxylic acids is 1. The van der Waals surface area contributed by atoms with Crippen LogP contribution in [0.2, 0.25) is 0 Å². The van der Waals surface area contributed by atoms with Crippen LogP contribution < -0.4 is 15.4 Å². The molecular weight excluding hydrogens is 476 g/mol. The summed E-state index contributed by atoms with van der Waals surface area (Å²) in [5.74, 6) is 1.30. The quantitative estimate of drug-likeness (QED) is 0.365. The van der Waals surface area contributed by atoms with E-state index in [0.717, 1.165) is 53.9 Å². The fraction of sp³-hybridized carbons (Fsp3) is 0.484. The summed E-state index contributed by atoms with van der Waals surface area (Å²) in [6, 6.07) is 18.0. The summed E-state index contributed by atoms with van der Waals surface area (Å²) in [6.07, 6.45) is 6.02. The lowest BCUT2D eigenvalue weighted by Crippen LogP contribution is -2.52. The molecule has 1 spiro atoms. The van der Waals surface area contributed by atoms with Gasteiger partial charge in [-0.3, -0.25) is 9.48 Å². The van der Waals surface area contributed by atoms with Gasteiger partial charge in [0.1, 0.15) is 11.4 Å². The minimum absolute atomic E-state index is 0.0427. The van der Waals surface area contributed by atoms with Gasteiger partial charge in [-0.1, -0.05) is 44.2 Å². The Kier molecular flexibility index (Phi) is 7.86. The maximum Gasteiger partial charge on any atom is 0.217 e. The predicted molar refractivity (Wildman–Crippen MR) is 149 cm³/mol. The highest BCUT2D eigenvalue weighted by Gasteiger charge is 2.45.